The molecule has 0 radical (unpaired) electrons. The second-order valence-corrected chi connectivity index (χ2v) is 10.5. The summed E-state index contributed by atoms with van der Waals surface area (Å²) in [6.45, 7) is 2.04. The quantitative estimate of drug-likeness (QED) is 0.119. The Morgan fingerprint density at radius 2 is 1.92 bits per heavy atom. The number of hydrazone groups is 1. The van der Waals surface area contributed by atoms with Crippen molar-refractivity contribution >= 4 is 61.0 Å². The molecule has 3 aromatic carbocycles. The first-order chi connectivity index (χ1) is 17.4. The predicted octanol–water partition coefficient (Wildman–Crippen LogP) is 5.00. The summed E-state index contributed by atoms with van der Waals surface area (Å²) in [5, 5.41) is 4.36. The van der Waals surface area contributed by atoms with E-state index in [9.17, 15) is 13.2 Å². The number of halogens is 1. The molecule has 0 aliphatic carbocycles. The molecule has 1 aromatic heterocycles. The van der Waals surface area contributed by atoms with Crippen LogP contribution in [-0.2, 0) is 14.9 Å². The molecule has 0 saturated carbocycles. The Balaban J connectivity index is 1.41. The van der Waals surface area contributed by atoms with Crippen molar-refractivity contribution < 1.29 is 26.5 Å². The Bertz CT molecular complexity index is 1470. The fraction of sp³-hybridized carbons (Fsp3) is 0.125. The molecule has 1 N–H and O–H groups in total. The van der Waals surface area contributed by atoms with Crippen molar-refractivity contribution in [3.63, 3.8) is 0 Å². The number of para-hydroxylation sites is 2. The van der Waals surface area contributed by atoms with Crippen LogP contribution >= 0.6 is 27.7 Å². The number of fused-ring (bicyclic) bond motifs is 1. The van der Waals surface area contributed by atoms with Gasteiger partial charge in [-0.15, -0.1) is 0 Å². The largest absolute Gasteiger partial charge is 0.490 e. The van der Waals surface area contributed by atoms with Crippen molar-refractivity contribution in [2.24, 2.45) is 5.10 Å². The molecule has 12 heteroatoms. The molecular weight excluding hydrogens is 570 g/mol. The number of ether oxygens (including phenoxy) is 1. The van der Waals surface area contributed by atoms with E-state index in [1.165, 1.54) is 18.3 Å². The summed E-state index contributed by atoms with van der Waals surface area (Å²) in [5.74, 6) is -0.0823. The highest BCUT2D eigenvalue weighted by molar-refractivity contribution is 9.10. The molecule has 0 aliphatic heterocycles. The van der Waals surface area contributed by atoms with E-state index in [-0.39, 0.29) is 34.7 Å². The summed E-state index contributed by atoms with van der Waals surface area (Å²) < 4.78 is 42.2. The van der Waals surface area contributed by atoms with Crippen LogP contribution in [0.2, 0.25) is 0 Å². The van der Waals surface area contributed by atoms with Crippen LogP contribution in [0.1, 0.15) is 12.5 Å². The number of rotatable bonds is 10. The van der Waals surface area contributed by atoms with Crippen molar-refractivity contribution in [3.8, 4) is 11.5 Å². The van der Waals surface area contributed by atoms with Gasteiger partial charge in [-0.1, -0.05) is 42.1 Å². The molecule has 0 saturated heterocycles. The maximum absolute atomic E-state index is 12.7. The minimum atomic E-state index is -4.07. The van der Waals surface area contributed by atoms with Crippen LogP contribution in [0.4, 0.5) is 0 Å². The topological polar surface area (TPSA) is 120 Å². The zero-order chi connectivity index (χ0) is 25.5. The van der Waals surface area contributed by atoms with Crippen molar-refractivity contribution in [1.29, 1.82) is 0 Å². The van der Waals surface area contributed by atoms with Crippen molar-refractivity contribution in [3.05, 3.63) is 76.8 Å². The van der Waals surface area contributed by atoms with Gasteiger partial charge < -0.3 is 13.3 Å². The second kappa shape index (κ2) is 11.6. The minimum Gasteiger partial charge on any atom is -0.490 e. The van der Waals surface area contributed by atoms with Crippen LogP contribution in [0.15, 0.2) is 90.8 Å². The first-order valence-electron chi connectivity index (χ1n) is 10.6. The number of carbonyl (C=O) groups excluding carboxylic acids is 1. The molecule has 1 heterocycles. The van der Waals surface area contributed by atoms with Crippen molar-refractivity contribution in [1.82, 2.24) is 10.4 Å². The lowest BCUT2D eigenvalue weighted by molar-refractivity contribution is -0.118. The summed E-state index contributed by atoms with van der Waals surface area (Å²) in [4.78, 5) is 16.5. The van der Waals surface area contributed by atoms with Crippen LogP contribution < -0.4 is 14.3 Å². The number of benzene rings is 3. The third kappa shape index (κ3) is 6.45. The number of oxazole rings is 1. The first kappa shape index (κ1) is 25.7. The standard InChI is InChI=1S/C24H20BrN3O6S2/c1-2-32-21-13-16(12-18(25)23(21)34-36(30,31)17-8-4-3-5-9-17)14-26-28-22(29)15-35-24-27-19-10-6-7-11-20(19)33-24/h3-14H,2,15H2,1H3,(H,28,29)/b26-14-. The Labute approximate surface area is 220 Å². The second-order valence-electron chi connectivity index (χ2n) is 7.14. The van der Waals surface area contributed by atoms with E-state index in [4.69, 9.17) is 13.3 Å². The van der Waals surface area contributed by atoms with E-state index in [1.54, 1.807) is 43.3 Å². The van der Waals surface area contributed by atoms with Crippen LogP contribution in [0.3, 0.4) is 0 Å². The zero-order valence-corrected chi connectivity index (χ0v) is 22.1. The van der Waals surface area contributed by atoms with Crippen molar-refractivity contribution in [2.45, 2.75) is 17.0 Å². The van der Waals surface area contributed by atoms with Gasteiger partial charge >= 0.3 is 10.1 Å². The monoisotopic (exact) mass is 589 g/mol. The molecule has 36 heavy (non-hydrogen) atoms. The lowest BCUT2D eigenvalue weighted by Crippen LogP contribution is -2.19. The zero-order valence-electron chi connectivity index (χ0n) is 18.9. The maximum Gasteiger partial charge on any atom is 0.339 e. The summed E-state index contributed by atoms with van der Waals surface area (Å²) >= 11 is 4.49. The Morgan fingerprint density at radius 3 is 2.67 bits per heavy atom. The predicted molar refractivity (Wildman–Crippen MR) is 140 cm³/mol. The van der Waals surface area contributed by atoms with Crippen LogP contribution in [-0.4, -0.2) is 37.9 Å². The smallest absolute Gasteiger partial charge is 0.339 e. The molecule has 1 amide bonds. The normalized spacial score (nSPS) is 11.6. The summed E-state index contributed by atoms with van der Waals surface area (Å²) in [6, 6.07) is 18.3. The molecule has 9 nitrogen and oxygen atoms in total. The summed E-state index contributed by atoms with van der Waals surface area (Å²) in [6.07, 6.45) is 1.41. The molecule has 0 aliphatic rings. The highest BCUT2D eigenvalue weighted by Gasteiger charge is 2.22. The number of hydrogen-bond donors (Lipinski definition) is 1. The van der Waals surface area contributed by atoms with E-state index in [0.717, 1.165) is 17.3 Å². The Kier molecular flexibility index (Phi) is 8.28. The average molecular weight is 590 g/mol. The molecule has 0 unspecified atom stereocenters. The van der Waals surface area contributed by atoms with E-state index in [2.05, 4.69) is 31.4 Å². The van der Waals surface area contributed by atoms with Crippen molar-refractivity contribution in [2.75, 3.05) is 12.4 Å². The number of thioether (sulfide) groups is 1. The molecule has 0 spiro atoms. The van der Waals surface area contributed by atoms with Gasteiger partial charge in [-0.05, 0) is 64.8 Å². The van der Waals surface area contributed by atoms with Gasteiger partial charge in [-0.2, -0.15) is 13.5 Å². The fourth-order valence-electron chi connectivity index (χ4n) is 3.00. The lowest BCUT2D eigenvalue weighted by atomic mass is 10.2. The van der Waals surface area contributed by atoms with Gasteiger partial charge in [0.05, 0.1) is 23.0 Å². The minimum absolute atomic E-state index is 0.0108. The summed E-state index contributed by atoms with van der Waals surface area (Å²) in [7, 11) is -4.07. The van der Waals surface area contributed by atoms with Gasteiger partial charge in [-0.25, -0.2) is 10.4 Å². The third-order valence-corrected chi connectivity index (χ3v) is 7.21. The van der Waals surface area contributed by atoms with Gasteiger partial charge in [0.1, 0.15) is 10.4 Å². The van der Waals surface area contributed by atoms with Gasteiger partial charge in [-0.3, -0.25) is 4.79 Å². The molecule has 4 rings (SSSR count). The first-order valence-corrected chi connectivity index (χ1v) is 13.8. The van der Waals surface area contributed by atoms with Gasteiger partial charge in [0.15, 0.2) is 17.1 Å². The average Bonchev–Trinajstić information content (AvgIpc) is 3.29. The van der Waals surface area contributed by atoms with E-state index >= 15 is 0 Å². The van der Waals surface area contributed by atoms with Crippen LogP contribution in [0, 0.1) is 0 Å². The van der Waals surface area contributed by atoms with E-state index < -0.39 is 10.1 Å². The van der Waals surface area contributed by atoms with Gasteiger partial charge in [0.25, 0.3) is 11.1 Å². The summed E-state index contributed by atoms with van der Waals surface area (Å²) in [5.41, 5.74) is 4.35. The number of nitrogens with zero attached hydrogens (tertiary/aromatic N) is 2. The molecule has 0 fully saturated rings. The molecule has 186 valence electrons. The number of nitrogens with one attached hydrogen (secondary N) is 1. The van der Waals surface area contributed by atoms with Crippen LogP contribution in [0.5, 0.6) is 11.5 Å². The highest BCUT2D eigenvalue weighted by Crippen LogP contribution is 2.38. The number of hydrogen-bond acceptors (Lipinski definition) is 9. The Morgan fingerprint density at radius 1 is 1.17 bits per heavy atom. The molecule has 0 bridgehead atoms. The fourth-order valence-corrected chi connectivity index (χ4v) is 5.26. The van der Waals surface area contributed by atoms with Crippen LogP contribution in [0.25, 0.3) is 11.1 Å². The van der Waals surface area contributed by atoms with E-state index in [0.29, 0.717) is 20.8 Å². The number of amides is 1. The highest BCUT2D eigenvalue weighted by atomic mass is 79.9. The van der Waals surface area contributed by atoms with E-state index in [1.807, 2.05) is 18.2 Å². The molecule has 4 aromatic rings. The number of carbonyl (C=O) groups is 1. The Hall–Kier alpha value is -3.35. The van der Waals surface area contributed by atoms with Gasteiger partial charge in [0, 0.05) is 0 Å². The third-order valence-electron chi connectivity index (χ3n) is 4.56. The maximum atomic E-state index is 12.7. The number of aromatic nitrogens is 1. The molecular formula is C24H20BrN3O6S2. The SMILES string of the molecule is CCOc1cc(/C=N\NC(=O)CSc2nc3ccccc3o2)cc(Br)c1OS(=O)(=O)c1ccccc1. The molecule has 0 atom stereocenters. The van der Waals surface area contributed by atoms with Gasteiger partial charge in [0.2, 0.25) is 0 Å². The lowest BCUT2D eigenvalue weighted by Gasteiger charge is -2.14.